The fraction of sp³-hybridized carbons (Fsp3) is 0.462. The van der Waals surface area contributed by atoms with Crippen LogP contribution >= 0.6 is 11.6 Å². The van der Waals surface area contributed by atoms with Crippen LogP contribution in [0.3, 0.4) is 0 Å². The average molecular weight is 255 g/mol. The van der Waals surface area contributed by atoms with Gasteiger partial charge in [0.25, 0.3) is 0 Å². The van der Waals surface area contributed by atoms with Crippen molar-refractivity contribution in [1.82, 2.24) is 0 Å². The molecule has 2 atom stereocenters. The molecule has 0 amide bonds. The summed E-state index contributed by atoms with van der Waals surface area (Å²) in [5.74, 6) is 0.741. The number of hydrogen-bond acceptors (Lipinski definition) is 3. The van der Waals surface area contributed by atoms with E-state index in [1.807, 2.05) is 19.1 Å². The summed E-state index contributed by atoms with van der Waals surface area (Å²) in [5, 5.41) is 0.555. The van der Waals surface area contributed by atoms with E-state index in [0.717, 1.165) is 12.0 Å². The summed E-state index contributed by atoms with van der Waals surface area (Å²) in [6, 6.07) is 5.39. The third kappa shape index (κ3) is 1.78. The minimum absolute atomic E-state index is 0.211. The molecule has 0 saturated heterocycles. The molecule has 3 nitrogen and oxygen atoms in total. The van der Waals surface area contributed by atoms with Gasteiger partial charge in [0.15, 0.2) is 0 Å². The largest absolute Gasteiger partial charge is 0.497 e. The molecule has 0 heterocycles. The van der Waals surface area contributed by atoms with Gasteiger partial charge < -0.3 is 9.47 Å². The first-order chi connectivity index (χ1) is 8.06. The molecule has 1 aliphatic carbocycles. The number of carbonyl (C=O) groups is 1. The highest BCUT2D eigenvalue weighted by Crippen LogP contribution is 2.56. The van der Waals surface area contributed by atoms with Gasteiger partial charge >= 0.3 is 5.97 Å². The van der Waals surface area contributed by atoms with E-state index in [4.69, 9.17) is 21.1 Å². The molecule has 0 spiro atoms. The van der Waals surface area contributed by atoms with E-state index < -0.39 is 5.41 Å². The van der Waals surface area contributed by atoms with Crippen molar-refractivity contribution >= 4 is 17.6 Å². The normalized spacial score (nSPS) is 26.5. The Labute approximate surface area is 106 Å². The SMILES string of the molecule is COC(=O)C1(c2ccc(OC)cc2Cl)CC1C. The van der Waals surface area contributed by atoms with Gasteiger partial charge in [0.1, 0.15) is 5.75 Å². The van der Waals surface area contributed by atoms with E-state index in [9.17, 15) is 4.79 Å². The van der Waals surface area contributed by atoms with Crippen LogP contribution < -0.4 is 4.74 Å². The van der Waals surface area contributed by atoms with E-state index in [1.54, 1.807) is 13.2 Å². The zero-order chi connectivity index (χ0) is 12.6. The van der Waals surface area contributed by atoms with Gasteiger partial charge in [0, 0.05) is 5.02 Å². The van der Waals surface area contributed by atoms with Crippen LogP contribution in [0.2, 0.25) is 5.02 Å². The van der Waals surface area contributed by atoms with Crippen LogP contribution in [0.4, 0.5) is 0 Å². The highest BCUT2D eigenvalue weighted by Gasteiger charge is 2.60. The lowest BCUT2D eigenvalue weighted by atomic mass is 9.93. The molecular formula is C13H15ClO3. The summed E-state index contributed by atoms with van der Waals surface area (Å²) in [4.78, 5) is 11.9. The average Bonchev–Trinajstić information content (AvgIpc) is 3.00. The first kappa shape index (κ1) is 12.2. The van der Waals surface area contributed by atoms with E-state index in [2.05, 4.69) is 0 Å². The predicted molar refractivity (Wildman–Crippen MR) is 65.5 cm³/mol. The number of hydrogen-bond donors (Lipinski definition) is 0. The zero-order valence-corrected chi connectivity index (χ0v) is 10.9. The van der Waals surface area contributed by atoms with E-state index in [0.29, 0.717) is 10.8 Å². The maximum atomic E-state index is 11.9. The fourth-order valence-electron chi connectivity index (χ4n) is 2.36. The number of carbonyl (C=O) groups excluding carboxylic acids is 1. The molecule has 2 rings (SSSR count). The van der Waals surface area contributed by atoms with Crippen molar-refractivity contribution in [1.29, 1.82) is 0 Å². The van der Waals surface area contributed by atoms with Gasteiger partial charge in [-0.2, -0.15) is 0 Å². The summed E-state index contributed by atoms with van der Waals surface area (Å²) in [5.41, 5.74) is 0.275. The second-order valence-electron chi connectivity index (χ2n) is 4.41. The summed E-state index contributed by atoms with van der Waals surface area (Å²) in [7, 11) is 2.99. The van der Waals surface area contributed by atoms with Crippen molar-refractivity contribution in [2.75, 3.05) is 14.2 Å². The van der Waals surface area contributed by atoms with Gasteiger partial charge in [-0.25, -0.2) is 0 Å². The molecule has 17 heavy (non-hydrogen) atoms. The topological polar surface area (TPSA) is 35.5 Å². The highest BCUT2D eigenvalue weighted by molar-refractivity contribution is 6.32. The number of ether oxygens (including phenoxy) is 2. The van der Waals surface area contributed by atoms with Gasteiger partial charge in [-0.05, 0) is 30.0 Å². The molecule has 0 aliphatic heterocycles. The molecule has 4 heteroatoms. The maximum Gasteiger partial charge on any atom is 0.316 e. The molecular weight excluding hydrogens is 240 g/mol. The van der Waals surface area contributed by atoms with Crippen LogP contribution in [0, 0.1) is 5.92 Å². The van der Waals surface area contributed by atoms with Crippen LogP contribution in [0.15, 0.2) is 18.2 Å². The Kier molecular flexibility index (Phi) is 3.04. The molecule has 1 aliphatic rings. The molecule has 0 bridgehead atoms. The Hall–Kier alpha value is -1.22. The molecule has 1 aromatic carbocycles. The van der Waals surface area contributed by atoms with Crippen LogP contribution in [0.25, 0.3) is 0 Å². The summed E-state index contributed by atoms with van der Waals surface area (Å²) < 4.78 is 9.98. The van der Waals surface area contributed by atoms with Crippen molar-refractivity contribution in [2.45, 2.75) is 18.8 Å². The summed E-state index contributed by atoms with van der Waals surface area (Å²) in [6.45, 7) is 2.03. The minimum Gasteiger partial charge on any atom is -0.497 e. The summed E-state index contributed by atoms with van der Waals surface area (Å²) in [6.07, 6.45) is 0.783. The van der Waals surface area contributed by atoms with Crippen molar-refractivity contribution in [3.8, 4) is 5.75 Å². The lowest BCUT2D eigenvalue weighted by Crippen LogP contribution is -2.24. The maximum absolute atomic E-state index is 11.9. The second kappa shape index (κ2) is 4.22. The smallest absolute Gasteiger partial charge is 0.316 e. The Morgan fingerprint density at radius 2 is 2.12 bits per heavy atom. The Bertz CT molecular complexity index is 458. The van der Waals surface area contributed by atoms with Crippen molar-refractivity contribution < 1.29 is 14.3 Å². The number of halogens is 1. The number of esters is 1. The van der Waals surface area contributed by atoms with Crippen LogP contribution in [-0.2, 0) is 14.9 Å². The fourth-order valence-corrected chi connectivity index (χ4v) is 2.70. The first-order valence-corrected chi connectivity index (χ1v) is 5.86. The standard InChI is InChI=1S/C13H15ClO3/c1-8-7-13(8,12(15)17-3)10-5-4-9(16-2)6-11(10)14/h4-6,8H,7H2,1-3H3. The lowest BCUT2D eigenvalue weighted by molar-refractivity contribution is -0.144. The molecule has 1 fully saturated rings. The molecule has 1 saturated carbocycles. The number of rotatable bonds is 3. The third-order valence-electron chi connectivity index (χ3n) is 3.52. The summed E-state index contributed by atoms with van der Waals surface area (Å²) >= 11 is 6.21. The third-order valence-corrected chi connectivity index (χ3v) is 3.83. The van der Waals surface area contributed by atoms with Gasteiger partial charge in [-0.1, -0.05) is 24.6 Å². The van der Waals surface area contributed by atoms with Gasteiger partial charge in [0.2, 0.25) is 0 Å². The number of methoxy groups -OCH3 is 2. The van der Waals surface area contributed by atoms with Crippen LogP contribution in [-0.4, -0.2) is 20.2 Å². The molecule has 0 N–H and O–H groups in total. The molecule has 0 radical (unpaired) electrons. The van der Waals surface area contributed by atoms with Crippen LogP contribution in [0.1, 0.15) is 18.9 Å². The van der Waals surface area contributed by atoms with Crippen LogP contribution in [0.5, 0.6) is 5.75 Å². The Morgan fingerprint density at radius 1 is 1.47 bits per heavy atom. The molecule has 92 valence electrons. The van der Waals surface area contributed by atoms with Crippen molar-refractivity contribution in [3.05, 3.63) is 28.8 Å². The monoisotopic (exact) mass is 254 g/mol. The molecule has 1 aromatic rings. The van der Waals surface area contributed by atoms with Crippen molar-refractivity contribution in [3.63, 3.8) is 0 Å². The van der Waals surface area contributed by atoms with E-state index in [1.165, 1.54) is 7.11 Å². The highest BCUT2D eigenvalue weighted by atomic mass is 35.5. The zero-order valence-electron chi connectivity index (χ0n) is 10.1. The minimum atomic E-state index is -0.557. The molecule has 0 aromatic heterocycles. The van der Waals surface area contributed by atoms with E-state index in [-0.39, 0.29) is 11.9 Å². The van der Waals surface area contributed by atoms with E-state index >= 15 is 0 Å². The first-order valence-electron chi connectivity index (χ1n) is 5.48. The second-order valence-corrected chi connectivity index (χ2v) is 4.82. The molecule has 2 unspecified atom stereocenters. The van der Waals surface area contributed by atoms with Gasteiger partial charge in [-0.3, -0.25) is 4.79 Å². The van der Waals surface area contributed by atoms with Gasteiger partial charge in [-0.15, -0.1) is 0 Å². The predicted octanol–water partition coefficient (Wildman–Crippen LogP) is 2.80. The number of benzene rings is 1. The van der Waals surface area contributed by atoms with Gasteiger partial charge in [0.05, 0.1) is 19.6 Å². The lowest BCUT2D eigenvalue weighted by Gasteiger charge is -2.16. The quantitative estimate of drug-likeness (QED) is 0.778. The Morgan fingerprint density at radius 3 is 2.53 bits per heavy atom. The van der Waals surface area contributed by atoms with Crippen molar-refractivity contribution in [2.24, 2.45) is 5.92 Å². The Balaban J connectivity index is 2.43.